The highest BCUT2D eigenvalue weighted by molar-refractivity contribution is 5.21. The Balaban J connectivity index is 2.53. The van der Waals surface area contributed by atoms with Crippen molar-refractivity contribution in [2.24, 2.45) is 5.41 Å². The van der Waals surface area contributed by atoms with E-state index in [1.807, 2.05) is 0 Å². The summed E-state index contributed by atoms with van der Waals surface area (Å²) in [4.78, 5) is 0. The van der Waals surface area contributed by atoms with Gasteiger partial charge in [-0.05, 0) is 17.9 Å². The molecule has 0 aliphatic heterocycles. The van der Waals surface area contributed by atoms with Gasteiger partial charge in [-0.3, -0.25) is 0 Å². The molecular weight excluding hydrogens is 236 g/mol. The maximum absolute atomic E-state index is 13.4. The van der Waals surface area contributed by atoms with Crippen molar-refractivity contribution in [3.8, 4) is 0 Å². The molecule has 1 rings (SSSR count). The predicted octanol–water partition coefficient (Wildman–Crippen LogP) is 3.02. The third-order valence-corrected chi connectivity index (χ3v) is 3.22. The van der Waals surface area contributed by atoms with Gasteiger partial charge in [0.25, 0.3) is 0 Å². The molecule has 0 aliphatic rings. The summed E-state index contributed by atoms with van der Waals surface area (Å²) in [7, 11) is 0. The van der Waals surface area contributed by atoms with Crippen molar-refractivity contribution in [3.05, 3.63) is 35.4 Å². The van der Waals surface area contributed by atoms with Crippen LogP contribution in [0.5, 0.6) is 0 Å². The lowest BCUT2D eigenvalue weighted by molar-refractivity contribution is 0.163. The van der Waals surface area contributed by atoms with Crippen LogP contribution >= 0.6 is 0 Å². The number of aliphatic hydroxyl groups is 1. The van der Waals surface area contributed by atoms with Crippen molar-refractivity contribution in [3.63, 3.8) is 0 Å². The molecule has 2 N–H and O–H groups in total. The standard InChI is InChI=1S/C14H21F2NO/c1-4-14(2,3)9-17-8-13(18)11-6-5-10(15)7-12(11)16/h5-7,13,17-18H,4,8-9H2,1-3H3. The lowest BCUT2D eigenvalue weighted by atomic mass is 9.90. The molecule has 0 saturated carbocycles. The predicted molar refractivity (Wildman–Crippen MR) is 68.3 cm³/mol. The molecule has 1 atom stereocenters. The Morgan fingerprint density at radius 1 is 1.33 bits per heavy atom. The van der Waals surface area contributed by atoms with E-state index in [4.69, 9.17) is 0 Å². The number of hydrogen-bond donors (Lipinski definition) is 2. The Hall–Kier alpha value is -1.00. The molecule has 2 nitrogen and oxygen atoms in total. The molecule has 1 aromatic rings. The molecule has 18 heavy (non-hydrogen) atoms. The first-order chi connectivity index (χ1) is 8.35. The minimum atomic E-state index is -0.960. The van der Waals surface area contributed by atoms with E-state index in [2.05, 4.69) is 26.1 Å². The van der Waals surface area contributed by atoms with E-state index in [9.17, 15) is 13.9 Å². The third-order valence-electron chi connectivity index (χ3n) is 3.22. The number of hydrogen-bond acceptors (Lipinski definition) is 2. The quantitative estimate of drug-likeness (QED) is 0.821. The van der Waals surface area contributed by atoms with Gasteiger partial charge >= 0.3 is 0 Å². The van der Waals surface area contributed by atoms with Crippen molar-refractivity contribution in [2.45, 2.75) is 33.3 Å². The highest BCUT2D eigenvalue weighted by Crippen LogP contribution is 2.20. The lowest BCUT2D eigenvalue weighted by Gasteiger charge is -2.24. The summed E-state index contributed by atoms with van der Waals surface area (Å²) in [6.45, 7) is 7.32. The molecule has 0 aliphatic carbocycles. The first-order valence-electron chi connectivity index (χ1n) is 6.19. The number of nitrogens with one attached hydrogen (secondary N) is 1. The third kappa shape index (κ3) is 4.35. The minimum absolute atomic E-state index is 0.123. The van der Waals surface area contributed by atoms with Gasteiger partial charge in [0.2, 0.25) is 0 Å². The summed E-state index contributed by atoms with van der Waals surface area (Å²) < 4.78 is 26.1. The topological polar surface area (TPSA) is 32.3 Å². The second-order valence-corrected chi connectivity index (χ2v) is 5.33. The average molecular weight is 257 g/mol. The summed E-state index contributed by atoms with van der Waals surface area (Å²) in [5.74, 6) is -1.34. The van der Waals surface area contributed by atoms with Gasteiger partial charge in [0, 0.05) is 24.7 Å². The van der Waals surface area contributed by atoms with Gasteiger partial charge in [0.15, 0.2) is 0 Å². The smallest absolute Gasteiger partial charge is 0.131 e. The van der Waals surface area contributed by atoms with E-state index >= 15 is 0 Å². The van der Waals surface area contributed by atoms with Gasteiger partial charge in [-0.15, -0.1) is 0 Å². The Labute approximate surface area is 107 Å². The SMILES string of the molecule is CCC(C)(C)CNCC(O)c1ccc(F)cc1F. The summed E-state index contributed by atoms with van der Waals surface area (Å²) in [6, 6.07) is 3.22. The van der Waals surface area contributed by atoms with Gasteiger partial charge in [-0.1, -0.05) is 26.8 Å². The van der Waals surface area contributed by atoms with Crippen LogP contribution in [0.1, 0.15) is 38.9 Å². The first kappa shape index (κ1) is 15.1. The first-order valence-corrected chi connectivity index (χ1v) is 6.19. The van der Waals surface area contributed by atoms with Gasteiger partial charge in [-0.25, -0.2) is 8.78 Å². The van der Waals surface area contributed by atoms with Crippen LogP contribution < -0.4 is 5.32 Å². The van der Waals surface area contributed by atoms with E-state index < -0.39 is 17.7 Å². The van der Waals surface area contributed by atoms with Gasteiger partial charge in [0.1, 0.15) is 11.6 Å². The zero-order chi connectivity index (χ0) is 13.8. The molecule has 0 bridgehead atoms. The average Bonchev–Trinajstić information content (AvgIpc) is 2.28. The van der Waals surface area contributed by atoms with E-state index in [1.165, 1.54) is 6.07 Å². The molecule has 0 spiro atoms. The highest BCUT2D eigenvalue weighted by Gasteiger charge is 2.17. The fourth-order valence-corrected chi connectivity index (χ4v) is 1.55. The van der Waals surface area contributed by atoms with Crippen LogP contribution in [-0.2, 0) is 0 Å². The summed E-state index contributed by atoms with van der Waals surface area (Å²) in [5, 5.41) is 12.9. The maximum Gasteiger partial charge on any atom is 0.131 e. The van der Waals surface area contributed by atoms with Crippen molar-refractivity contribution in [2.75, 3.05) is 13.1 Å². The lowest BCUT2D eigenvalue weighted by Crippen LogP contribution is -2.32. The zero-order valence-electron chi connectivity index (χ0n) is 11.1. The molecule has 0 amide bonds. The molecule has 0 heterocycles. The van der Waals surface area contributed by atoms with Gasteiger partial charge in [-0.2, -0.15) is 0 Å². The molecular formula is C14H21F2NO. The van der Waals surface area contributed by atoms with Gasteiger partial charge < -0.3 is 10.4 Å². The van der Waals surface area contributed by atoms with Crippen LogP contribution in [0.2, 0.25) is 0 Å². The normalized spacial score (nSPS) is 13.7. The number of benzene rings is 1. The van der Waals surface area contributed by atoms with Crippen LogP contribution in [-0.4, -0.2) is 18.2 Å². The molecule has 0 aromatic heterocycles. The van der Waals surface area contributed by atoms with Crippen molar-refractivity contribution in [1.29, 1.82) is 0 Å². The second-order valence-electron chi connectivity index (χ2n) is 5.33. The van der Waals surface area contributed by atoms with Crippen molar-refractivity contribution >= 4 is 0 Å². The monoisotopic (exact) mass is 257 g/mol. The Morgan fingerprint density at radius 2 is 2.00 bits per heavy atom. The highest BCUT2D eigenvalue weighted by atomic mass is 19.1. The second kappa shape index (κ2) is 6.25. The summed E-state index contributed by atoms with van der Waals surface area (Å²) >= 11 is 0. The molecule has 0 fully saturated rings. The van der Waals surface area contributed by atoms with E-state index in [0.29, 0.717) is 0 Å². The van der Waals surface area contributed by atoms with Crippen molar-refractivity contribution in [1.82, 2.24) is 5.32 Å². The van der Waals surface area contributed by atoms with Crippen LogP contribution in [0.25, 0.3) is 0 Å². The zero-order valence-corrected chi connectivity index (χ0v) is 11.1. The Kier molecular flexibility index (Phi) is 5.23. The molecule has 0 radical (unpaired) electrons. The molecule has 4 heteroatoms. The molecule has 1 aromatic carbocycles. The number of rotatable bonds is 6. The molecule has 102 valence electrons. The van der Waals surface area contributed by atoms with E-state index in [-0.39, 0.29) is 17.5 Å². The van der Waals surface area contributed by atoms with Crippen molar-refractivity contribution < 1.29 is 13.9 Å². The largest absolute Gasteiger partial charge is 0.387 e. The summed E-state index contributed by atoms with van der Waals surface area (Å²) in [5.41, 5.74) is 0.263. The van der Waals surface area contributed by atoms with Crippen LogP contribution in [0, 0.1) is 17.0 Å². The van der Waals surface area contributed by atoms with Crippen LogP contribution in [0.3, 0.4) is 0 Å². The molecule has 0 saturated heterocycles. The summed E-state index contributed by atoms with van der Waals surface area (Å²) in [6.07, 6.45) is 0.0549. The number of aliphatic hydroxyl groups excluding tert-OH is 1. The van der Waals surface area contributed by atoms with Crippen LogP contribution in [0.4, 0.5) is 8.78 Å². The van der Waals surface area contributed by atoms with E-state index in [0.717, 1.165) is 25.1 Å². The fraction of sp³-hybridized carbons (Fsp3) is 0.571. The minimum Gasteiger partial charge on any atom is -0.387 e. The van der Waals surface area contributed by atoms with E-state index in [1.54, 1.807) is 0 Å². The Morgan fingerprint density at radius 3 is 2.56 bits per heavy atom. The molecule has 1 unspecified atom stereocenters. The number of halogens is 2. The Bertz CT molecular complexity index is 393. The van der Waals surface area contributed by atoms with Gasteiger partial charge in [0.05, 0.1) is 6.10 Å². The fourth-order valence-electron chi connectivity index (χ4n) is 1.55. The maximum atomic E-state index is 13.4. The van der Waals surface area contributed by atoms with Crippen LogP contribution in [0.15, 0.2) is 18.2 Å².